The maximum Gasteiger partial charge on any atom is 0.0715 e. The van der Waals surface area contributed by atoms with Crippen LogP contribution in [0.4, 0.5) is 22.7 Å². The highest BCUT2D eigenvalue weighted by atomic mass is 15.2. The van der Waals surface area contributed by atoms with Crippen LogP contribution >= 0.6 is 0 Å². The topological polar surface area (TPSA) is 19.4 Å². The van der Waals surface area contributed by atoms with Gasteiger partial charge in [0.05, 0.1) is 11.4 Å². The van der Waals surface area contributed by atoms with Gasteiger partial charge in [-0.15, -0.1) is 0 Å². The molecule has 8 aromatic rings. The zero-order chi connectivity index (χ0) is 42.1. The van der Waals surface area contributed by atoms with Gasteiger partial charge in [-0.25, -0.2) is 4.98 Å². The van der Waals surface area contributed by atoms with Crippen molar-refractivity contribution in [2.75, 3.05) is 9.80 Å². The first-order valence-corrected chi connectivity index (χ1v) is 21.8. The lowest BCUT2D eigenvalue weighted by atomic mass is 9.90. The van der Waals surface area contributed by atoms with Crippen LogP contribution in [-0.4, -0.2) is 4.98 Å². The Morgan fingerprint density at radius 1 is 0.540 bits per heavy atom. The van der Waals surface area contributed by atoms with Crippen molar-refractivity contribution in [1.29, 1.82) is 0 Å². The summed E-state index contributed by atoms with van der Waals surface area (Å²) in [5, 5.41) is 0. The number of benzene rings is 7. The average Bonchev–Trinajstić information content (AvgIpc) is 3.90. The second-order valence-corrected chi connectivity index (χ2v) is 16.4. The summed E-state index contributed by atoms with van der Waals surface area (Å²) >= 11 is 0. The first kappa shape index (κ1) is 38.0. The molecule has 0 radical (unpaired) electrons. The Morgan fingerprint density at radius 3 is 1.79 bits per heavy atom. The van der Waals surface area contributed by atoms with Crippen LogP contribution in [0, 0.1) is 0 Å². The quantitative estimate of drug-likeness (QED) is 0.135. The van der Waals surface area contributed by atoms with Crippen molar-refractivity contribution in [1.82, 2.24) is 4.98 Å². The molecule has 3 heteroatoms. The van der Waals surface area contributed by atoms with Crippen LogP contribution in [0.3, 0.4) is 0 Å². The second kappa shape index (κ2) is 16.5. The minimum absolute atomic E-state index is 0.289. The van der Waals surface area contributed by atoms with Crippen LogP contribution in [0.5, 0.6) is 0 Å². The van der Waals surface area contributed by atoms with Crippen LogP contribution in [0.25, 0.3) is 50.3 Å². The highest BCUT2D eigenvalue weighted by Gasteiger charge is 2.35. The van der Waals surface area contributed by atoms with Crippen LogP contribution in [0.2, 0.25) is 0 Å². The van der Waals surface area contributed by atoms with E-state index in [1.54, 1.807) is 0 Å². The number of fused-ring (bicyclic) bond motifs is 4. The third-order valence-electron chi connectivity index (χ3n) is 12.6. The molecule has 1 atom stereocenters. The lowest BCUT2D eigenvalue weighted by molar-refractivity contribution is 0.819. The van der Waals surface area contributed by atoms with E-state index in [0.29, 0.717) is 0 Å². The highest BCUT2D eigenvalue weighted by Crippen LogP contribution is 2.51. The largest absolute Gasteiger partial charge is 0.314 e. The summed E-state index contributed by atoms with van der Waals surface area (Å²) in [6, 6.07) is 69.5. The van der Waals surface area contributed by atoms with Gasteiger partial charge in [-0.3, -0.25) is 0 Å². The van der Waals surface area contributed by atoms with E-state index in [0.717, 1.165) is 57.7 Å². The number of nitrogens with zero attached hydrogens (tertiary/aromatic N) is 3. The molecule has 3 nitrogen and oxygen atoms in total. The van der Waals surface area contributed by atoms with E-state index < -0.39 is 0 Å². The summed E-state index contributed by atoms with van der Waals surface area (Å²) in [4.78, 5) is 9.91. The van der Waals surface area contributed by atoms with E-state index in [2.05, 4.69) is 229 Å². The van der Waals surface area contributed by atoms with Crippen molar-refractivity contribution < 1.29 is 0 Å². The van der Waals surface area contributed by atoms with Gasteiger partial charge in [0, 0.05) is 57.6 Å². The van der Waals surface area contributed by atoms with Crippen molar-refractivity contribution in [3.05, 3.63) is 265 Å². The maximum atomic E-state index is 5.08. The van der Waals surface area contributed by atoms with Gasteiger partial charge in [-0.2, -0.15) is 0 Å². The summed E-state index contributed by atoms with van der Waals surface area (Å²) < 4.78 is 0. The molecule has 3 heterocycles. The predicted molar refractivity (Wildman–Crippen MR) is 264 cm³/mol. The molecule has 0 fully saturated rings. The monoisotopic (exact) mass is 807 g/mol. The summed E-state index contributed by atoms with van der Waals surface area (Å²) in [7, 11) is 0. The lowest BCUT2D eigenvalue weighted by Gasteiger charge is -2.24. The number of para-hydroxylation sites is 2. The van der Waals surface area contributed by atoms with Crippen molar-refractivity contribution in [3.63, 3.8) is 0 Å². The molecule has 0 amide bonds. The van der Waals surface area contributed by atoms with Crippen molar-refractivity contribution in [2.24, 2.45) is 0 Å². The molecule has 0 N–H and O–H groups in total. The Kier molecular flexibility index (Phi) is 9.91. The Morgan fingerprint density at radius 2 is 1.13 bits per heavy atom. The molecule has 1 aromatic heterocycles. The standard InChI is InChI=1S/C60H45N3/c1-2-42(30-36-53-38-49-20-12-14-24-58(49)62(53)51-21-10-5-11-22-51)48-33-37-60-55(39-48)54-23-13-15-25-59(54)63(60)52-34-31-44(32-35-52)43-26-28-45(29-27-43)50-40-56(46-16-6-3-7-17-46)61-57(41-50)47-18-8-4-9-19-47/h2-22,24-37,39-41,54H,1,23,38H2/b42-30+,53-36+. The SMILES string of the molecule is C=C/C(=C\C=C1/Cc2ccccc2N1c1ccccc1)c1ccc2c(c1)C1CC=CC=C1N2c1ccc(-c2ccc(-c3cc(-c4ccccc4)nc(-c4ccccc4)c3)cc2)cc1. The second-order valence-electron chi connectivity index (χ2n) is 16.4. The summed E-state index contributed by atoms with van der Waals surface area (Å²) in [6.07, 6.45) is 15.1. The molecular formula is C60H45N3. The summed E-state index contributed by atoms with van der Waals surface area (Å²) in [6.45, 7) is 4.27. The van der Waals surface area contributed by atoms with Gasteiger partial charge in [-0.05, 0) is 118 Å². The number of anilines is 4. The van der Waals surface area contributed by atoms with Gasteiger partial charge in [-0.1, -0.05) is 170 Å². The Balaban J connectivity index is 0.872. The van der Waals surface area contributed by atoms with Crippen molar-refractivity contribution in [3.8, 4) is 44.8 Å². The number of rotatable bonds is 9. The zero-order valence-electron chi connectivity index (χ0n) is 35.0. The van der Waals surface area contributed by atoms with Gasteiger partial charge in [0.2, 0.25) is 0 Å². The van der Waals surface area contributed by atoms with Crippen LogP contribution in [-0.2, 0) is 6.42 Å². The molecule has 0 saturated carbocycles. The molecule has 0 bridgehead atoms. The smallest absolute Gasteiger partial charge is 0.0715 e. The van der Waals surface area contributed by atoms with Gasteiger partial charge < -0.3 is 9.80 Å². The molecule has 2 aliphatic heterocycles. The Bertz CT molecular complexity index is 3040. The van der Waals surface area contributed by atoms with Crippen LogP contribution in [0.1, 0.15) is 29.0 Å². The minimum Gasteiger partial charge on any atom is -0.314 e. The lowest BCUT2D eigenvalue weighted by Crippen LogP contribution is -2.14. The summed E-state index contributed by atoms with van der Waals surface area (Å²) in [5.41, 5.74) is 21.2. The zero-order valence-corrected chi connectivity index (χ0v) is 35.0. The van der Waals surface area contributed by atoms with Gasteiger partial charge >= 0.3 is 0 Å². The third-order valence-corrected chi connectivity index (χ3v) is 12.6. The van der Waals surface area contributed by atoms with E-state index in [-0.39, 0.29) is 5.92 Å². The average molecular weight is 808 g/mol. The fourth-order valence-electron chi connectivity index (χ4n) is 9.44. The number of hydrogen-bond acceptors (Lipinski definition) is 3. The molecule has 0 spiro atoms. The van der Waals surface area contributed by atoms with E-state index in [4.69, 9.17) is 4.98 Å². The molecule has 1 aliphatic carbocycles. The van der Waals surface area contributed by atoms with Gasteiger partial charge in [0.15, 0.2) is 0 Å². The molecule has 7 aromatic carbocycles. The predicted octanol–water partition coefficient (Wildman–Crippen LogP) is 15.7. The van der Waals surface area contributed by atoms with Gasteiger partial charge in [0.25, 0.3) is 0 Å². The molecule has 1 unspecified atom stereocenters. The Labute approximate surface area is 370 Å². The normalized spacial score (nSPS) is 15.8. The summed E-state index contributed by atoms with van der Waals surface area (Å²) in [5.74, 6) is 0.289. The van der Waals surface area contributed by atoms with Crippen LogP contribution < -0.4 is 9.80 Å². The molecule has 63 heavy (non-hydrogen) atoms. The Hall–Kier alpha value is -8.01. The third kappa shape index (κ3) is 7.24. The highest BCUT2D eigenvalue weighted by molar-refractivity contribution is 5.85. The van der Waals surface area contributed by atoms with E-state index in [1.165, 1.54) is 56.3 Å². The maximum absolute atomic E-state index is 5.08. The molecule has 3 aliphatic rings. The molecule has 0 saturated heterocycles. The molecule has 11 rings (SSSR count). The minimum atomic E-state index is 0.289. The molecular weight excluding hydrogens is 763 g/mol. The van der Waals surface area contributed by atoms with Crippen molar-refractivity contribution in [2.45, 2.75) is 18.8 Å². The number of allylic oxidation sites excluding steroid dienone is 9. The number of aromatic nitrogens is 1. The fraction of sp³-hybridized carbons (Fsp3) is 0.0500. The first-order valence-electron chi connectivity index (χ1n) is 21.8. The number of pyridine rings is 1. The molecule has 300 valence electrons. The van der Waals surface area contributed by atoms with Gasteiger partial charge in [0.1, 0.15) is 0 Å². The van der Waals surface area contributed by atoms with E-state index in [1.807, 2.05) is 18.2 Å². The van der Waals surface area contributed by atoms with E-state index in [9.17, 15) is 0 Å². The number of hydrogen-bond donors (Lipinski definition) is 0. The van der Waals surface area contributed by atoms with Crippen LogP contribution in [0.15, 0.2) is 249 Å². The first-order chi connectivity index (χ1) is 31.2. The van der Waals surface area contributed by atoms with E-state index >= 15 is 0 Å². The fourth-order valence-corrected chi connectivity index (χ4v) is 9.44. The van der Waals surface area contributed by atoms with Crippen molar-refractivity contribution >= 4 is 28.3 Å².